The van der Waals surface area contributed by atoms with Crippen LogP contribution in [0.15, 0.2) is 78.9 Å². The van der Waals surface area contributed by atoms with Crippen molar-refractivity contribution in [2.75, 3.05) is 38.2 Å². The monoisotopic (exact) mass is 573 g/mol. The number of nitrogens with zero attached hydrogens (tertiary/aromatic N) is 1. The first kappa shape index (κ1) is 28.8. The molecule has 9 heteroatoms. The molecular weight excluding hydrogens is 534 g/mol. The first-order chi connectivity index (χ1) is 20.6. The first-order valence-corrected chi connectivity index (χ1v) is 14.8. The maximum atomic E-state index is 12.4. The lowest BCUT2D eigenvalue weighted by atomic mass is 9.98. The number of carbonyl (C=O) groups excluding carboxylic acids is 1. The lowest BCUT2D eigenvalue weighted by Gasteiger charge is -2.41. The van der Waals surface area contributed by atoms with Crippen LogP contribution in [0.5, 0.6) is 0 Å². The summed E-state index contributed by atoms with van der Waals surface area (Å²) in [4.78, 5) is 14.9. The third-order valence-corrected chi connectivity index (χ3v) is 8.24. The van der Waals surface area contributed by atoms with Gasteiger partial charge in [0.05, 0.1) is 32.0 Å². The van der Waals surface area contributed by atoms with Crippen molar-refractivity contribution >= 4 is 11.7 Å². The Morgan fingerprint density at radius 1 is 0.857 bits per heavy atom. The molecule has 3 fully saturated rings. The number of urea groups is 1. The Bertz CT molecular complexity index is 1290. The molecule has 2 amide bonds. The van der Waals surface area contributed by atoms with Crippen LogP contribution in [-0.2, 0) is 32.1 Å². The van der Waals surface area contributed by atoms with E-state index in [0.717, 1.165) is 61.2 Å². The summed E-state index contributed by atoms with van der Waals surface area (Å²) in [7, 11) is 0. The fourth-order valence-electron chi connectivity index (χ4n) is 5.86. The second-order valence-corrected chi connectivity index (χ2v) is 11.2. The van der Waals surface area contributed by atoms with Gasteiger partial charge < -0.3 is 39.6 Å². The minimum atomic E-state index is -0.551. The first-order valence-electron chi connectivity index (χ1n) is 14.8. The summed E-state index contributed by atoms with van der Waals surface area (Å²) in [5.74, 6) is -0.402. The highest BCUT2D eigenvalue weighted by Crippen LogP contribution is 2.39. The number of hydrogen-bond donors (Lipinski definition) is 3. The van der Waals surface area contributed by atoms with Crippen molar-refractivity contribution in [1.29, 1.82) is 0 Å². The van der Waals surface area contributed by atoms with Gasteiger partial charge in [-0.05, 0) is 28.8 Å². The number of rotatable bonds is 8. The van der Waals surface area contributed by atoms with Crippen molar-refractivity contribution in [3.8, 4) is 0 Å². The van der Waals surface area contributed by atoms with Gasteiger partial charge in [0, 0.05) is 56.7 Å². The molecule has 3 heterocycles. The Morgan fingerprint density at radius 2 is 1.55 bits per heavy atom. The molecule has 3 aromatic rings. The quantitative estimate of drug-likeness (QED) is 0.353. The van der Waals surface area contributed by atoms with Gasteiger partial charge >= 0.3 is 6.03 Å². The summed E-state index contributed by atoms with van der Waals surface area (Å²) >= 11 is 0. The van der Waals surface area contributed by atoms with E-state index < -0.39 is 12.1 Å². The maximum Gasteiger partial charge on any atom is 0.319 e. The van der Waals surface area contributed by atoms with Crippen LogP contribution in [0, 0.1) is 0 Å². The second kappa shape index (κ2) is 13.3. The lowest BCUT2D eigenvalue weighted by Crippen LogP contribution is -2.48. The van der Waals surface area contributed by atoms with Crippen LogP contribution in [0.4, 0.5) is 10.5 Å². The van der Waals surface area contributed by atoms with Crippen LogP contribution >= 0.6 is 0 Å². The highest BCUT2D eigenvalue weighted by molar-refractivity contribution is 5.89. The molecule has 0 aliphatic carbocycles. The van der Waals surface area contributed by atoms with E-state index >= 15 is 0 Å². The summed E-state index contributed by atoms with van der Waals surface area (Å²) in [6.45, 7) is 4.40. The molecule has 42 heavy (non-hydrogen) atoms. The van der Waals surface area contributed by atoms with Gasteiger partial charge in [0.1, 0.15) is 0 Å². The average molecular weight is 574 g/mol. The molecule has 0 unspecified atom stereocenters. The van der Waals surface area contributed by atoms with E-state index in [4.69, 9.17) is 18.9 Å². The zero-order chi connectivity index (χ0) is 28.8. The summed E-state index contributed by atoms with van der Waals surface area (Å²) < 4.78 is 24.8. The number of aliphatic hydroxyl groups is 1. The van der Waals surface area contributed by atoms with Crippen LogP contribution in [0.3, 0.4) is 0 Å². The SMILES string of the molecule is O=C(NCc1ccccc1)Nc1ccc([C@H]2O[C@@H](CN3CCC4(CC3)OCCO4)C[C@@H](c3ccc(CO)cc3)O2)cc1. The number of hydrogen-bond acceptors (Lipinski definition) is 7. The Hall–Kier alpha value is -3.31. The van der Waals surface area contributed by atoms with Crippen molar-refractivity contribution in [2.45, 2.75) is 56.7 Å². The fraction of sp³-hybridized carbons (Fsp3) is 0.424. The van der Waals surface area contributed by atoms with Crippen molar-refractivity contribution in [3.05, 3.63) is 101 Å². The lowest BCUT2D eigenvalue weighted by molar-refractivity contribution is -0.255. The molecule has 3 atom stereocenters. The van der Waals surface area contributed by atoms with E-state index in [2.05, 4.69) is 15.5 Å². The Labute approximate surface area is 246 Å². The zero-order valence-electron chi connectivity index (χ0n) is 23.7. The van der Waals surface area contributed by atoms with Gasteiger partial charge in [0.15, 0.2) is 12.1 Å². The number of aliphatic hydroxyl groups excluding tert-OH is 1. The van der Waals surface area contributed by atoms with Gasteiger partial charge in [-0.1, -0.05) is 66.7 Å². The van der Waals surface area contributed by atoms with Gasteiger partial charge in [-0.2, -0.15) is 0 Å². The molecule has 0 saturated carbocycles. The highest BCUT2D eigenvalue weighted by atomic mass is 16.7. The maximum absolute atomic E-state index is 12.4. The molecular formula is C33H39N3O6. The molecule has 3 aromatic carbocycles. The predicted octanol–water partition coefficient (Wildman–Crippen LogP) is 4.88. The minimum Gasteiger partial charge on any atom is -0.392 e. The van der Waals surface area contributed by atoms with Crippen molar-refractivity contribution in [2.24, 2.45) is 0 Å². The van der Waals surface area contributed by atoms with E-state index in [1.165, 1.54) is 0 Å². The summed E-state index contributed by atoms with van der Waals surface area (Å²) in [5.41, 5.74) is 4.54. The second-order valence-electron chi connectivity index (χ2n) is 11.2. The number of likely N-dealkylation sites (tertiary alicyclic amines) is 1. The average Bonchev–Trinajstić information content (AvgIpc) is 3.50. The van der Waals surface area contributed by atoms with Gasteiger partial charge in [-0.3, -0.25) is 0 Å². The molecule has 3 aliphatic rings. The molecule has 3 aliphatic heterocycles. The predicted molar refractivity (Wildman–Crippen MR) is 157 cm³/mol. The number of carbonyl (C=O) groups is 1. The molecule has 1 spiro atoms. The van der Waals surface area contributed by atoms with E-state index in [1.54, 1.807) is 0 Å². The molecule has 222 valence electrons. The van der Waals surface area contributed by atoms with Gasteiger partial charge in [-0.25, -0.2) is 4.79 Å². The molecule has 0 radical (unpaired) electrons. The number of anilines is 1. The Morgan fingerprint density at radius 3 is 2.24 bits per heavy atom. The molecule has 0 aromatic heterocycles. The number of nitrogens with one attached hydrogen (secondary N) is 2. The highest BCUT2D eigenvalue weighted by Gasteiger charge is 2.41. The number of piperidine rings is 1. The van der Waals surface area contributed by atoms with E-state index in [9.17, 15) is 9.90 Å². The number of benzene rings is 3. The van der Waals surface area contributed by atoms with Crippen LogP contribution in [0.25, 0.3) is 0 Å². The fourth-order valence-corrected chi connectivity index (χ4v) is 5.86. The zero-order valence-corrected chi connectivity index (χ0v) is 23.7. The van der Waals surface area contributed by atoms with Crippen LogP contribution < -0.4 is 10.6 Å². The molecule has 3 N–H and O–H groups in total. The number of amides is 2. The van der Waals surface area contributed by atoms with Crippen LogP contribution in [0.1, 0.15) is 53.9 Å². The van der Waals surface area contributed by atoms with Crippen molar-refractivity contribution in [3.63, 3.8) is 0 Å². The van der Waals surface area contributed by atoms with Crippen molar-refractivity contribution in [1.82, 2.24) is 10.2 Å². The Kier molecular flexibility index (Phi) is 9.14. The summed E-state index contributed by atoms with van der Waals surface area (Å²) in [5, 5.41) is 15.3. The third-order valence-electron chi connectivity index (χ3n) is 8.24. The summed E-state index contributed by atoms with van der Waals surface area (Å²) in [6, 6.07) is 25.1. The largest absolute Gasteiger partial charge is 0.392 e. The number of ether oxygens (including phenoxy) is 4. The van der Waals surface area contributed by atoms with Gasteiger partial charge in [-0.15, -0.1) is 0 Å². The topological polar surface area (TPSA) is 102 Å². The van der Waals surface area contributed by atoms with Gasteiger partial charge in [0.25, 0.3) is 0 Å². The van der Waals surface area contributed by atoms with Crippen molar-refractivity contribution < 1.29 is 28.8 Å². The molecule has 6 rings (SSSR count). The molecule has 9 nitrogen and oxygen atoms in total. The normalized spacial score (nSPS) is 24.0. The standard InChI is InChI=1S/C33H39N3O6/c37-23-25-6-8-26(9-7-25)30-20-29(22-36-16-14-33(15-17-36)39-18-19-40-33)41-31(42-30)27-10-12-28(13-11-27)35-32(38)34-21-24-4-2-1-3-5-24/h1-13,29-31,37H,14-23H2,(H2,34,35,38)/t29-,30+,31+/m1/s1. The smallest absolute Gasteiger partial charge is 0.319 e. The van der Waals surface area contributed by atoms with E-state index in [-0.39, 0.29) is 24.8 Å². The summed E-state index contributed by atoms with van der Waals surface area (Å²) in [6.07, 6.45) is 1.71. The van der Waals surface area contributed by atoms with Crippen LogP contribution in [0.2, 0.25) is 0 Å². The molecule has 0 bridgehead atoms. The molecule has 3 saturated heterocycles. The van der Waals surface area contributed by atoms with E-state index in [1.807, 2.05) is 78.9 Å². The van der Waals surface area contributed by atoms with Crippen LogP contribution in [-0.4, -0.2) is 60.8 Å². The van der Waals surface area contributed by atoms with E-state index in [0.29, 0.717) is 25.4 Å². The van der Waals surface area contributed by atoms with Gasteiger partial charge in [0.2, 0.25) is 0 Å². The third kappa shape index (κ3) is 7.18. The minimum absolute atomic E-state index is 0.00864. The Balaban J connectivity index is 1.10.